The molecule has 1 fully saturated rings. The highest BCUT2D eigenvalue weighted by Gasteiger charge is 2.29. The van der Waals surface area contributed by atoms with E-state index in [0.29, 0.717) is 0 Å². The third-order valence-corrected chi connectivity index (χ3v) is 4.18. The van der Waals surface area contributed by atoms with Crippen LogP contribution in [0.2, 0.25) is 0 Å². The van der Waals surface area contributed by atoms with Crippen LogP contribution in [0.25, 0.3) is 10.9 Å². The lowest BCUT2D eigenvalue weighted by Gasteiger charge is -2.36. The van der Waals surface area contributed by atoms with Gasteiger partial charge in [0.1, 0.15) is 0 Å². The second-order valence-corrected chi connectivity index (χ2v) is 5.37. The minimum Gasteiger partial charge on any atom is -0.374 e. The van der Waals surface area contributed by atoms with Crippen molar-refractivity contribution in [3.05, 3.63) is 42.1 Å². The molecule has 1 aromatic heterocycles. The van der Waals surface area contributed by atoms with Crippen molar-refractivity contribution in [3.8, 4) is 0 Å². The maximum atomic E-state index is 5.95. The molecule has 1 saturated heterocycles. The molecule has 1 aliphatic rings. The predicted molar refractivity (Wildman–Crippen MR) is 83.7 cm³/mol. The predicted octanol–water partition coefficient (Wildman–Crippen LogP) is 1.46. The SMILES string of the molecule is CCN1CCOC(C(NN)c2cccc3cccnc23)C1. The van der Waals surface area contributed by atoms with Gasteiger partial charge in [-0.3, -0.25) is 21.2 Å². The number of ether oxygens (including phenoxy) is 1. The number of hydrogen-bond donors (Lipinski definition) is 2. The van der Waals surface area contributed by atoms with Crippen LogP contribution in [0.15, 0.2) is 36.5 Å². The summed E-state index contributed by atoms with van der Waals surface area (Å²) >= 11 is 0. The minimum absolute atomic E-state index is 0.0382. The Kier molecular flexibility index (Phi) is 4.45. The summed E-state index contributed by atoms with van der Waals surface area (Å²) in [4.78, 5) is 6.91. The lowest BCUT2D eigenvalue weighted by Crippen LogP contribution is -2.49. The van der Waals surface area contributed by atoms with Crippen molar-refractivity contribution in [1.29, 1.82) is 0 Å². The number of nitrogens with zero attached hydrogens (tertiary/aromatic N) is 2. The van der Waals surface area contributed by atoms with Crippen LogP contribution < -0.4 is 11.3 Å². The molecule has 2 unspecified atom stereocenters. The van der Waals surface area contributed by atoms with Gasteiger partial charge in [0, 0.05) is 24.7 Å². The molecule has 2 atom stereocenters. The fourth-order valence-electron chi connectivity index (χ4n) is 3.00. The molecule has 0 spiro atoms. The van der Waals surface area contributed by atoms with Crippen molar-refractivity contribution in [1.82, 2.24) is 15.3 Å². The van der Waals surface area contributed by atoms with Gasteiger partial charge in [0.05, 0.1) is 24.3 Å². The molecule has 1 aliphatic heterocycles. The first-order chi connectivity index (χ1) is 10.3. The molecule has 0 bridgehead atoms. The lowest BCUT2D eigenvalue weighted by molar-refractivity contribution is -0.0454. The van der Waals surface area contributed by atoms with Crippen LogP contribution in [-0.4, -0.2) is 42.2 Å². The zero-order valence-electron chi connectivity index (χ0n) is 12.3. The summed E-state index contributed by atoms with van der Waals surface area (Å²) in [5.41, 5.74) is 5.02. The highest BCUT2D eigenvalue weighted by Crippen LogP contribution is 2.27. The average Bonchev–Trinajstić information content (AvgIpc) is 2.56. The van der Waals surface area contributed by atoms with Crippen molar-refractivity contribution in [2.75, 3.05) is 26.2 Å². The number of benzene rings is 1. The number of pyridine rings is 1. The molecule has 5 nitrogen and oxygen atoms in total. The summed E-state index contributed by atoms with van der Waals surface area (Å²) in [5.74, 6) is 5.84. The van der Waals surface area contributed by atoms with Crippen LogP contribution in [-0.2, 0) is 4.74 Å². The number of hydrazine groups is 1. The number of para-hydroxylation sites is 1. The first kappa shape index (κ1) is 14.4. The number of likely N-dealkylation sites (N-methyl/N-ethyl adjacent to an activating group) is 1. The summed E-state index contributed by atoms with van der Waals surface area (Å²) in [6.45, 7) is 5.82. The van der Waals surface area contributed by atoms with E-state index in [1.54, 1.807) is 0 Å². The first-order valence-corrected chi connectivity index (χ1v) is 7.47. The topological polar surface area (TPSA) is 63.4 Å². The number of morpholine rings is 1. The Morgan fingerprint density at radius 1 is 1.43 bits per heavy atom. The molecule has 1 aromatic carbocycles. The number of hydrogen-bond acceptors (Lipinski definition) is 5. The Bertz CT molecular complexity index is 598. The van der Waals surface area contributed by atoms with Crippen LogP contribution in [0, 0.1) is 0 Å². The largest absolute Gasteiger partial charge is 0.374 e. The second-order valence-electron chi connectivity index (χ2n) is 5.37. The maximum absolute atomic E-state index is 5.95. The van der Waals surface area contributed by atoms with Gasteiger partial charge in [0.25, 0.3) is 0 Å². The van der Waals surface area contributed by atoms with Crippen molar-refractivity contribution in [2.45, 2.75) is 19.1 Å². The molecular weight excluding hydrogens is 264 g/mol. The average molecular weight is 286 g/mol. The van der Waals surface area contributed by atoms with E-state index in [2.05, 4.69) is 40.4 Å². The first-order valence-electron chi connectivity index (χ1n) is 7.47. The Balaban J connectivity index is 1.94. The van der Waals surface area contributed by atoms with Crippen molar-refractivity contribution in [3.63, 3.8) is 0 Å². The van der Waals surface area contributed by atoms with Crippen LogP contribution in [0.5, 0.6) is 0 Å². The molecule has 2 aromatic rings. The fourth-order valence-corrected chi connectivity index (χ4v) is 3.00. The zero-order chi connectivity index (χ0) is 14.7. The van der Waals surface area contributed by atoms with E-state index in [9.17, 15) is 0 Å². The number of rotatable bonds is 4. The molecule has 21 heavy (non-hydrogen) atoms. The van der Waals surface area contributed by atoms with Crippen LogP contribution in [0.4, 0.5) is 0 Å². The second kappa shape index (κ2) is 6.49. The van der Waals surface area contributed by atoms with Gasteiger partial charge in [-0.25, -0.2) is 0 Å². The van der Waals surface area contributed by atoms with Gasteiger partial charge >= 0.3 is 0 Å². The molecular formula is C16H22N4O. The smallest absolute Gasteiger partial charge is 0.0910 e. The van der Waals surface area contributed by atoms with Gasteiger partial charge in [0.2, 0.25) is 0 Å². The zero-order valence-corrected chi connectivity index (χ0v) is 12.3. The summed E-state index contributed by atoms with van der Waals surface area (Å²) in [5, 5.41) is 1.12. The lowest BCUT2D eigenvalue weighted by atomic mass is 9.97. The standard InChI is InChI=1S/C16H22N4O/c1-2-20-9-10-21-14(11-20)16(19-17)13-7-3-5-12-6-4-8-18-15(12)13/h3-8,14,16,19H,2,9-11,17H2,1H3. The van der Waals surface area contributed by atoms with E-state index in [1.807, 2.05) is 18.3 Å². The molecule has 0 aliphatic carbocycles. The third-order valence-electron chi connectivity index (χ3n) is 4.18. The number of aromatic nitrogens is 1. The highest BCUT2D eigenvalue weighted by molar-refractivity contribution is 5.82. The van der Waals surface area contributed by atoms with E-state index in [-0.39, 0.29) is 12.1 Å². The quantitative estimate of drug-likeness (QED) is 0.658. The van der Waals surface area contributed by atoms with Crippen LogP contribution >= 0.6 is 0 Å². The summed E-state index contributed by atoms with van der Waals surface area (Å²) in [7, 11) is 0. The van der Waals surface area contributed by atoms with Gasteiger partial charge in [-0.2, -0.15) is 0 Å². The number of fused-ring (bicyclic) bond motifs is 1. The normalized spacial score (nSPS) is 21.5. The van der Waals surface area contributed by atoms with E-state index >= 15 is 0 Å². The summed E-state index contributed by atoms with van der Waals surface area (Å²) < 4.78 is 5.95. The molecule has 3 N–H and O–H groups in total. The van der Waals surface area contributed by atoms with E-state index in [0.717, 1.165) is 42.7 Å². The van der Waals surface area contributed by atoms with Gasteiger partial charge in [-0.15, -0.1) is 0 Å². The minimum atomic E-state index is -0.0575. The van der Waals surface area contributed by atoms with Gasteiger partial charge in [-0.1, -0.05) is 31.2 Å². The Morgan fingerprint density at radius 2 is 2.29 bits per heavy atom. The summed E-state index contributed by atoms with van der Waals surface area (Å²) in [6, 6.07) is 10.2. The van der Waals surface area contributed by atoms with Crippen molar-refractivity contribution in [2.24, 2.45) is 5.84 Å². The molecule has 0 saturated carbocycles. The van der Waals surface area contributed by atoms with Gasteiger partial charge in [0.15, 0.2) is 0 Å². The number of nitrogens with one attached hydrogen (secondary N) is 1. The maximum Gasteiger partial charge on any atom is 0.0910 e. The van der Waals surface area contributed by atoms with Crippen molar-refractivity contribution < 1.29 is 4.74 Å². The monoisotopic (exact) mass is 286 g/mol. The molecule has 0 amide bonds. The Labute approximate surface area is 125 Å². The molecule has 112 valence electrons. The fraction of sp³-hybridized carbons (Fsp3) is 0.438. The Morgan fingerprint density at radius 3 is 3.10 bits per heavy atom. The van der Waals surface area contributed by atoms with Crippen LogP contribution in [0.1, 0.15) is 18.5 Å². The Hall–Kier alpha value is -1.53. The number of nitrogens with two attached hydrogens (primary N) is 1. The third kappa shape index (κ3) is 2.91. The van der Waals surface area contributed by atoms with E-state index < -0.39 is 0 Å². The summed E-state index contributed by atoms with van der Waals surface area (Å²) in [6.07, 6.45) is 1.86. The molecule has 0 radical (unpaired) electrons. The molecule has 5 heteroatoms. The highest BCUT2D eigenvalue weighted by atomic mass is 16.5. The van der Waals surface area contributed by atoms with E-state index in [1.165, 1.54) is 0 Å². The van der Waals surface area contributed by atoms with Gasteiger partial charge < -0.3 is 4.74 Å². The van der Waals surface area contributed by atoms with E-state index in [4.69, 9.17) is 10.6 Å². The van der Waals surface area contributed by atoms with Gasteiger partial charge in [-0.05, 0) is 18.2 Å². The molecule has 3 rings (SSSR count). The van der Waals surface area contributed by atoms with Crippen LogP contribution in [0.3, 0.4) is 0 Å². The molecule has 2 heterocycles. The van der Waals surface area contributed by atoms with Crippen molar-refractivity contribution >= 4 is 10.9 Å².